The number of nitrogens with one attached hydrogen (secondary N) is 4. The fraction of sp³-hybridized carbons (Fsp3) is 0.125. The van der Waals surface area contributed by atoms with Gasteiger partial charge >= 0.3 is 0 Å². The molecule has 8 N–H and O–H groups in total. The molecule has 320 valence electrons. The molecule has 6 heterocycles. The summed E-state index contributed by atoms with van der Waals surface area (Å²) >= 11 is 0. The van der Waals surface area contributed by atoms with Crippen molar-refractivity contribution in [2.24, 2.45) is 28.2 Å². The van der Waals surface area contributed by atoms with Crippen LogP contribution < -0.4 is 32.7 Å². The highest BCUT2D eigenvalue weighted by Gasteiger charge is 2.37. The normalized spacial score (nSPS) is 14.0. The van der Waals surface area contributed by atoms with E-state index >= 15 is 0 Å². The van der Waals surface area contributed by atoms with E-state index in [0.29, 0.717) is 67.3 Å². The molecule has 0 radical (unpaired) electrons. The molecule has 8 aromatic rings. The molecule has 0 fully saturated rings. The predicted octanol–water partition coefficient (Wildman–Crippen LogP) is 5.56. The van der Waals surface area contributed by atoms with Crippen molar-refractivity contribution in [3.63, 3.8) is 0 Å². The lowest BCUT2D eigenvalue weighted by molar-refractivity contribution is -0.124. The SMILES string of the molecule is CC(=O)Nc1ccc2c(C3=C(c4cn(C)c5cc(NC(C)=O)ccc45)C(=O)NC3=O)cn(C)c2c1.Cn1cc(C2=C(c3cn(C)c4cc(N)ccc34)C(=O)NC2=O)c2ccc(N)cc21. The molecule has 4 aromatic heterocycles. The number of aryl methyl sites for hydroxylation is 4. The van der Waals surface area contributed by atoms with Gasteiger partial charge in [-0.25, -0.2) is 0 Å². The third-order valence-corrected chi connectivity index (χ3v) is 11.6. The Kier molecular flexibility index (Phi) is 9.58. The third kappa shape index (κ3) is 6.73. The van der Waals surface area contributed by atoms with Gasteiger partial charge in [0.25, 0.3) is 23.6 Å². The first-order valence-corrected chi connectivity index (χ1v) is 20.1. The fourth-order valence-corrected chi connectivity index (χ4v) is 8.87. The summed E-state index contributed by atoms with van der Waals surface area (Å²) in [6, 6.07) is 21.9. The highest BCUT2D eigenvalue weighted by atomic mass is 16.2. The minimum atomic E-state index is -0.463. The Balaban J connectivity index is 0.000000165. The third-order valence-electron chi connectivity index (χ3n) is 11.6. The molecular formula is C48H42N10O6. The van der Waals surface area contributed by atoms with Crippen LogP contribution in [0.1, 0.15) is 36.1 Å². The average Bonchev–Trinajstić information content (AvgIpc) is 4.05. The van der Waals surface area contributed by atoms with Crippen LogP contribution in [0, 0.1) is 0 Å². The number of carbonyl (C=O) groups excluding carboxylic acids is 6. The summed E-state index contributed by atoms with van der Waals surface area (Å²) in [7, 11) is 7.47. The van der Waals surface area contributed by atoms with Crippen molar-refractivity contribution in [2.45, 2.75) is 13.8 Å². The molecule has 6 amide bonds. The van der Waals surface area contributed by atoms with E-state index in [2.05, 4.69) is 21.3 Å². The number of nitrogens with zero attached hydrogens (tertiary/aromatic N) is 4. The molecule has 64 heavy (non-hydrogen) atoms. The Morgan fingerprint density at radius 2 is 0.703 bits per heavy atom. The zero-order valence-electron chi connectivity index (χ0n) is 35.6. The number of hydrogen-bond donors (Lipinski definition) is 6. The van der Waals surface area contributed by atoms with Crippen molar-refractivity contribution >= 4 is 124 Å². The molecule has 0 unspecified atom stereocenters. The van der Waals surface area contributed by atoms with Crippen LogP contribution in [-0.4, -0.2) is 53.7 Å². The molecule has 0 bridgehead atoms. The van der Waals surface area contributed by atoms with Gasteiger partial charge in [-0.15, -0.1) is 0 Å². The van der Waals surface area contributed by atoms with E-state index in [1.165, 1.54) is 13.8 Å². The van der Waals surface area contributed by atoms with Crippen molar-refractivity contribution in [1.29, 1.82) is 0 Å². The fourth-order valence-electron chi connectivity index (χ4n) is 8.87. The molecule has 0 aliphatic carbocycles. The van der Waals surface area contributed by atoms with Gasteiger partial charge in [-0.3, -0.25) is 39.4 Å². The van der Waals surface area contributed by atoms with Crippen LogP contribution in [0.25, 0.3) is 65.9 Å². The number of anilines is 4. The number of imide groups is 2. The average molecular weight is 855 g/mol. The van der Waals surface area contributed by atoms with E-state index in [9.17, 15) is 28.8 Å². The number of amides is 6. The van der Waals surface area contributed by atoms with Gasteiger partial charge in [-0.1, -0.05) is 24.3 Å². The van der Waals surface area contributed by atoms with Gasteiger partial charge in [-0.05, 0) is 48.5 Å². The lowest BCUT2D eigenvalue weighted by atomic mass is 9.95. The number of carbonyl (C=O) groups is 6. The second-order valence-electron chi connectivity index (χ2n) is 16.1. The van der Waals surface area contributed by atoms with E-state index < -0.39 is 23.6 Å². The number of aromatic nitrogens is 4. The number of nitrogen functional groups attached to an aromatic ring is 2. The van der Waals surface area contributed by atoms with Crippen molar-refractivity contribution in [2.75, 3.05) is 22.1 Å². The van der Waals surface area contributed by atoms with E-state index in [-0.39, 0.29) is 11.8 Å². The van der Waals surface area contributed by atoms with Gasteiger partial charge in [0.1, 0.15) is 0 Å². The maximum absolute atomic E-state index is 13.0. The summed E-state index contributed by atoms with van der Waals surface area (Å²) in [5.74, 6) is -2.08. The number of benzene rings is 4. The number of rotatable bonds is 6. The molecule has 2 aliphatic rings. The van der Waals surface area contributed by atoms with E-state index in [0.717, 1.165) is 43.6 Å². The van der Waals surface area contributed by atoms with Crippen LogP contribution in [0.5, 0.6) is 0 Å². The number of hydrogen-bond acceptors (Lipinski definition) is 8. The molecule has 2 aliphatic heterocycles. The summed E-state index contributed by atoms with van der Waals surface area (Å²) < 4.78 is 7.54. The van der Waals surface area contributed by atoms with Gasteiger partial charge in [0.15, 0.2) is 0 Å². The monoisotopic (exact) mass is 854 g/mol. The highest BCUT2D eigenvalue weighted by Crippen LogP contribution is 2.41. The van der Waals surface area contributed by atoms with E-state index in [4.69, 9.17) is 11.5 Å². The first-order chi connectivity index (χ1) is 30.5. The van der Waals surface area contributed by atoms with Gasteiger partial charge in [0.05, 0.1) is 44.4 Å². The van der Waals surface area contributed by atoms with Gasteiger partial charge < -0.3 is 40.4 Å². The Bertz CT molecular complexity index is 3270. The van der Waals surface area contributed by atoms with Gasteiger partial charge in [0.2, 0.25) is 11.8 Å². The first-order valence-electron chi connectivity index (χ1n) is 20.1. The zero-order chi connectivity index (χ0) is 45.5. The Morgan fingerprint density at radius 3 is 0.984 bits per heavy atom. The van der Waals surface area contributed by atoms with Gasteiger partial charge in [-0.2, -0.15) is 0 Å². The summed E-state index contributed by atoms with van der Waals surface area (Å²) in [6.07, 6.45) is 7.35. The van der Waals surface area contributed by atoms with Crippen LogP contribution in [0.3, 0.4) is 0 Å². The topological polar surface area (TPSA) is 222 Å². The molecular weight excluding hydrogens is 813 g/mol. The molecule has 16 heteroatoms. The quantitative estimate of drug-likeness (QED) is 0.0917. The van der Waals surface area contributed by atoms with Crippen LogP contribution in [0.2, 0.25) is 0 Å². The minimum Gasteiger partial charge on any atom is -0.399 e. The maximum atomic E-state index is 13.0. The van der Waals surface area contributed by atoms with E-state index in [1.54, 1.807) is 24.3 Å². The summed E-state index contributed by atoms with van der Waals surface area (Å²) in [4.78, 5) is 74.7. The molecule has 0 saturated heterocycles. The van der Waals surface area contributed by atoms with Crippen molar-refractivity contribution < 1.29 is 28.8 Å². The second kappa shape index (κ2) is 15.1. The standard InChI is InChI=1S/C26H23N5O4.C22H19N5O2/c1-13(32)27-15-5-7-17-19(11-30(3)21(17)9-15)23-24(26(35)29-25(23)34)20-12-31(4)22-10-16(28-14(2)33)6-8-18(20)22;1-26-9-15(13-5-3-11(23)7-17(13)26)19-20(22(29)25-21(19)28)16-10-27(2)18-8-12(24)4-6-14(16)18/h5-12H,1-4H3,(H,27,32)(H,28,33)(H,29,34,35);3-10H,23-24H2,1-2H3,(H,25,28,29). The second-order valence-corrected chi connectivity index (χ2v) is 16.1. The number of fused-ring (bicyclic) bond motifs is 4. The Hall–Kier alpha value is -8.66. The maximum Gasteiger partial charge on any atom is 0.259 e. The van der Waals surface area contributed by atoms with Crippen LogP contribution in [-0.2, 0) is 57.0 Å². The molecule has 16 nitrogen and oxygen atoms in total. The summed E-state index contributed by atoms with van der Waals surface area (Å²) in [5.41, 5.74) is 21.8. The number of nitrogens with two attached hydrogens (primary N) is 2. The van der Waals surface area contributed by atoms with E-state index in [1.807, 2.05) is 120 Å². The lowest BCUT2D eigenvalue weighted by Gasteiger charge is -2.05. The molecule has 0 saturated carbocycles. The Morgan fingerprint density at radius 1 is 0.438 bits per heavy atom. The van der Waals surface area contributed by atoms with Crippen LogP contribution in [0.15, 0.2) is 97.6 Å². The van der Waals surface area contributed by atoms with Crippen molar-refractivity contribution in [3.8, 4) is 0 Å². The predicted molar refractivity (Wildman–Crippen MR) is 249 cm³/mol. The molecule has 4 aromatic carbocycles. The molecule has 10 rings (SSSR count). The Labute approximate surface area is 364 Å². The lowest BCUT2D eigenvalue weighted by Crippen LogP contribution is -2.22. The van der Waals surface area contributed by atoms with Crippen LogP contribution >= 0.6 is 0 Å². The summed E-state index contributed by atoms with van der Waals surface area (Å²) in [6.45, 7) is 2.88. The van der Waals surface area contributed by atoms with Gasteiger partial charge in [0, 0.05) is 133 Å². The molecule has 0 spiro atoms. The minimum absolute atomic E-state index is 0.179. The zero-order valence-corrected chi connectivity index (χ0v) is 35.6. The highest BCUT2D eigenvalue weighted by molar-refractivity contribution is 6.52. The smallest absolute Gasteiger partial charge is 0.259 e. The summed E-state index contributed by atoms with van der Waals surface area (Å²) in [5, 5.41) is 13.7. The first kappa shape index (κ1) is 40.7. The van der Waals surface area contributed by atoms with Crippen molar-refractivity contribution in [3.05, 3.63) is 120 Å². The largest absolute Gasteiger partial charge is 0.399 e. The van der Waals surface area contributed by atoms with Crippen LogP contribution in [0.4, 0.5) is 22.7 Å². The van der Waals surface area contributed by atoms with Crippen molar-refractivity contribution in [1.82, 2.24) is 28.9 Å². The molecule has 0 atom stereocenters.